The molecule has 14 heavy (non-hydrogen) atoms. The van der Waals surface area contributed by atoms with Gasteiger partial charge in [-0.1, -0.05) is 30.3 Å². The van der Waals surface area contributed by atoms with Crippen molar-refractivity contribution in [1.29, 1.82) is 0 Å². The van der Waals surface area contributed by atoms with Crippen molar-refractivity contribution in [3.8, 4) is 0 Å². The predicted octanol–water partition coefficient (Wildman–Crippen LogP) is 2.35. The summed E-state index contributed by atoms with van der Waals surface area (Å²) in [6.07, 6.45) is -2.16. The molecule has 1 aromatic carbocycles. The molecule has 76 valence electrons. The maximum absolute atomic E-state index is 13.6. The molecule has 0 radical (unpaired) electrons. The molecule has 1 aromatic rings. The van der Waals surface area contributed by atoms with Gasteiger partial charge >= 0.3 is 6.09 Å². The largest absolute Gasteiger partial charge is 0.453 e. The van der Waals surface area contributed by atoms with Crippen molar-refractivity contribution in [3.05, 3.63) is 35.9 Å². The number of halogens is 1. The lowest BCUT2D eigenvalue weighted by Gasteiger charge is -2.20. The Balaban J connectivity index is 2.75. The van der Waals surface area contributed by atoms with E-state index in [-0.39, 0.29) is 0 Å². The van der Waals surface area contributed by atoms with Crippen LogP contribution in [0.25, 0.3) is 0 Å². The van der Waals surface area contributed by atoms with Crippen molar-refractivity contribution in [2.24, 2.45) is 0 Å². The number of rotatable bonds is 2. The minimum atomic E-state index is -1.47. The molecule has 1 atom stereocenters. The van der Waals surface area contributed by atoms with Gasteiger partial charge in [0.2, 0.25) is 6.30 Å². The highest BCUT2D eigenvalue weighted by atomic mass is 19.1. The summed E-state index contributed by atoms with van der Waals surface area (Å²) in [5.74, 6) is 0. The Kier molecular flexibility index (Phi) is 3.45. The zero-order valence-corrected chi connectivity index (χ0v) is 8.11. The summed E-state index contributed by atoms with van der Waals surface area (Å²) in [6.45, 7) is 0. The maximum atomic E-state index is 13.6. The van der Waals surface area contributed by atoms with Crippen LogP contribution in [-0.2, 0) is 4.74 Å². The lowest BCUT2D eigenvalue weighted by Crippen LogP contribution is -2.28. The van der Waals surface area contributed by atoms with Crippen LogP contribution in [0.2, 0.25) is 0 Å². The van der Waals surface area contributed by atoms with Crippen LogP contribution in [-0.4, -0.2) is 25.2 Å². The second-order valence-electron chi connectivity index (χ2n) is 2.83. The third-order valence-electron chi connectivity index (χ3n) is 1.88. The van der Waals surface area contributed by atoms with Gasteiger partial charge in [0.25, 0.3) is 0 Å². The summed E-state index contributed by atoms with van der Waals surface area (Å²) >= 11 is 0. The third-order valence-corrected chi connectivity index (χ3v) is 1.88. The van der Waals surface area contributed by atoms with Crippen molar-refractivity contribution in [3.63, 3.8) is 0 Å². The molecule has 0 bridgehead atoms. The minimum Gasteiger partial charge on any atom is -0.453 e. The van der Waals surface area contributed by atoms with E-state index in [9.17, 15) is 9.18 Å². The number of nitrogens with zero attached hydrogens (tertiary/aromatic N) is 1. The number of methoxy groups -OCH3 is 1. The van der Waals surface area contributed by atoms with Gasteiger partial charge in [-0.3, -0.25) is 4.90 Å². The quantitative estimate of drug-likeness (QED) is 0.681. The van der Waals surface area contributed by atoms with Crippen LogP contribution in [0.4, 0.5) is 9.18 Å². The predicted molar refractivity (Wildman–Crippen MR) is 50.5 cm³/mol. The van der Waals surface area contributed by atoms with Gasteiger partial charge in [-0.05, 0) is 0 Å². The number of ether oxygens (including phenoxy) is 1. The molecule has 0 aliphatic carbocycles. The van der Waals surface area contributed by atoms with E-state index in [0.29, 0.717) is 5.56 Å². The van der Waals surface area contributed by atoms with Crippen molar-refractivity contribution < 1.29 is 13.9 Å². The van der Waals surface area contributed by atoms with Gasteiger partial charge in [-0.25, -0.2) is 9.18 Å². The zero-order valence-electron chi connectivity index (χ0n) is 8.11. The van der Waals surface area contributed by atoms with Gasteiger partial charge in [0.1, 0.15) is 0 Å². The highest BCUT2D eigenvalue weighted by molar-refractivity contribution is 5.67. The highest BCUT2D eigenvalue weighted by Crippen LogP contribution is 2.20. The number of carbonyl (C=O) groups excluding carboxylic acids is 1. The molecule has 0 saturated heterocycles. The SMILES string of the molecule is COC(=O)N(C)C(F)c1ccccc1. The first-order valence-corrected chi connectivity index (χ1v) is 4.16. The maximum Gasteiger partial charge on any atom is 0.411 e. The molecule has 4 heteroatoms. The third kappa shape index (κ3) is 2.22. The van der Waals surface area contributed by atoms with Crippen LogP contribution in [0.1, 0.15) is 11.9 Å². The van der Waals surface area contributed by atoms with E-state index < -0.39 is 12.4 Å². The number of amides is 1. The molecule has 0 saturated carbocycles. The minimum absolute atomic E-state index is 0.431. The molecule has 1 rings (SSSR count). The Morgan fingerprint density at radius 2 is 2.00 bits per heavy atom. The van der Waals surface area contributed by atoms with Crippen molar-refractivity contribution in [2.75, 3.05) is 14.2 Å². The van der Waals surface area contributed by atoms with Crippen molar-refractivity contribution in [1.82, 2.24) is 4.90 Å². The summed E-state index contributed by atoms with van der Waals surface area (Å²) < 4.78 is 18.0. The van der Waals surface area contributed by atoms with Crippen LogP contribution in [0.3, 0.4) is 0 Å². The fourth-order valence-electron chi connectivity index (χ4n) is 1.07. The smallest absolute Gasteiger partial charge is 0.411 e. The van der Waals surface area contributed by atoms with Crippen molar-refractivity contribution >= 4 is 6.09 Å². The molecule has 0 N–H and O–H groups in total. The highest BCUT2D eigenvalue weighted by Gasteiger charge is 2.20. The standard InChI is InChI=1S/C10H12FNO2/c1-12(10(13)14-2)9(11)8-6-4-3-5-7-8/h3-7,9H,1-2H3. The number of benzene rings is 1. The van der Waals surface area contributed by atoms with Gasteiger partial charge in [0, 0.05) is 12.6 Å². The Hall–Kier alpha value is -1.58. The van der Waals surface area contributed by atoms with Gasteiger partial charge in [-0.15, -0.1) is 0 Å². The molecule has 0 spiro atoms. The normalized spacial score (nSPS) is 11.9. The molecule has 0 heterocycles. The first-order chi connectivity index (χ1) is 6.66. The van der Waals surface area contributed by atoms with E-state index in [1.54, 1.807) is 30.3 Å². The lowest BCUT2D eigenvalue weighted by molar-refractivity contribution is 0.0755. The molecule has 0 aliphatic heterocycles. The molecule has 0 fully saturated rings. The van der Waals surface area contributed by atoms with Crippen LogP contribution >= 0.6 is 0 Å². The van der Waals surface area contributed by atoms with E-state index >= 15 is 0 Å². The zero-order chi connectivity index (χ0) is 10.6. The average Bonchev–Trinajstić information content (AvgIpc) is 2.27. The molecule has 0 aromatic heterocycles. The van der Waals surface area contributed by atoms with Gasteiger partial charge in [0.05, 0.1) is 7.11 Å². The van der Waals surface area contributed by atoms with E-state index in [1.807, 2.05) is 0 Å². The Morgan fingerprint density at radius 1 is 1.43 bits per heavy atom. The van der Waals surface area contributed by atoms with Crippen molar-refractivity contribution in [2.45, 2.75) is 6.30 Å². The number of hydrogen-bond donors (Lipinski definition) is 0. The number of hydrogen-bond acceptors (Lipinski definition) is 2. The van der Waals surface area contributed by atoms with Gasteiger partial charge in [-0.2, -0.15) is 0 Å². The van der Waals surface area contributed by atoms with Crippen LogP contribution < -0.4 is 0 Å². The summed E-state index contributed by atoms with van der Waals surface area (Å²) in [7, 11) is 2.57. The second-order valence-corrected chi connectivity index (χ2v) is 2.83. The fourth-order valence-corrected chi connectivity index (χ4v) is 1.07. The topological polar surface area (TPSA) is 29.5 Å². The average molecular weight is 197 g/mol. The Morgan fingerprint density at radius 3 is 2.50 bits per heavy atom. The molecular formula is C10H12FNO2. The molecule has 1 amide bonds. The van der Waals surface area contributed by atoms with E-state index in [4.69, 9.17) is 0 Å². The second kappa shape index (κ2) is 4.60. The van der Waals surface area contributed by atoms with Crippen LogP contribution in [0, 0.1) is 0 Å². The summed E-state index contributed by atoms with van der Waals surface area (Å²) in [4.78, 5) is 11.9. The lowest BCUT2D eigenvalue weighted by atomic mass is 10.2. The van der Waals surface area contributed by atoms with E-state index in [0.717, 1.165) is 4.90 Å². The molecule has 0 aliphatic rings. The Bertz CT molecular complexity index is 302. The van der Waals surface area contributed by atoms with Crippen LogP contribution in [0.5, 0.6) is 0 Å². The summed E-state index contributed by atoms with van der Waals surface area (Å²) in [5.41, 5.74) is 0.431. The fraction of sp³-hybridized carbons (Fsp3) is 0.300. The monoisotopic (exact) mass is 197 g/mol. The molecular weight excluding hydrogens is 185 g/mol. The van der Waals surface area contributed by atoms with Crippen LogP contribution in [0.15, 0.2) is 30.3 Å². The first-order valence-electron chi connectivity index (χ1n) is 4.16. The Labute approximate surface area is 82.1 Å². The number of carbonyl (C=O) groups is 1. The van der Waals surface area contributed by atoms with E-state index in [1.165, 1.54) is 14.2 Å². The first kappa shape index (κ1) is 10.5. The molecule has 3 nitrogen and oxygen atoms in total. The number of alkyl halides is 1. The molecule has 1 unspecified atom stereocenters. The van der Waals surface area contributed by atoms with E-state index in [2.05, 4.69) is 4.74 Å². The summed E-state index contributed by atoms with van der Waals surface area (Å²) in [6, 6.07) is 8.45. The van der Waals surface area contributed by atoms with Gasteiger partial charge in [0.15, 0.2) is 0 Å². The summed E-state index contributed by atoms with van der Waals surface area (Å²) in [5, 5.41) is 0. The van der Waals surface area contributed by atoms with Gasteiger partial charge < -0.3 is 4.74 Å².